The lowest BCUT2D eigenvalue weighted by atomic mass is 9.87. The maximum absolute atomic E-state index is 13.0. The maximum atomic E-state index is 13.0. The van der Waals surface area contributed by atoms with E-state index in [2.05, 4.69) is 5.32 Å². The minimum absolute atomic E-state index is 0.0210. The highest BCUT2D eigenvalue weighted by atomic mass is 16.5. The highest BCUT2D eigenvalue weighted by Crippen LogP contribution is 2.36. The number of nitrogens with one attached hydrogen (secondary N) is 1. The minimum atomic E-state index is -0.287. The highest BCUT2D eigenvalue weighted by Gasteiger charge is 2.44. The molecule has 0 unspecified atom stereocenters. The van der Waals surface area contributed by atoms with Crippen molar-refractivity contribution in [3.05, 3.63) is 29.8 Å². The first kappa shape index (κ1) is 25.5. The number of amides is 3. The SMILES string of the molecule is CC(C)(C)Oc1ccc(C(=O)N2CCC3(CC2)C[C@@H](NC(=O)CCC(=O)N2CCCC2)CO3)cc1. The van der Waals surface area contributed by atoms with Crippen molar-refractivity contribution in [2.75, 3.05) is 32.8 Å². The predicted octanol–water partition coefficient (Wildman–Crippen LogP) is 3.15. The van der Waals surface area contributed by atoms with Crippen LogP contribution in [0.25, 0.3) is 0 Å². The Morgan fingerprint density at radius 3 is 2.29 bits per heavy atom. The third-order valence-corrected chi connectivity index (χ3v) is 7.09. The molecule has 35 heavy (non-hydrogen) atoms. The minimum Gasteiger partial charge on any atom is -0.488 e. The van der Waals surface area contributed by atoms with Gasteiger partial charge in [0.2, 0.25) is 11.8 Å². The first-order chi connectivity index (χ1) is 16.6. The molecule has 4 rings (SSSR count). The van der Waals surface area contributed by atoms with Gasteiger partial charge in [-0.05, 0) is 77.1 Å². The van der Waals surface area contributed by atoms with E-state index in [1.54, 1.807) is 0 Å². The molecule has 0 aliphatic carbocycles. The van der Waals surface area contributed by atoms with E-state index in [1.165, 1.54) is 0 Å². The lowest BCUT2D eigenvalue weighted by molar-refractivity contribution is -0.132. The summed E-state index contributed by atoms with van der Waals surface area (Å²) in [6, 6.07) is 7.29. The van der Waals surface area contributed by atoms with Crippen LogP contribution < -0.4 is 10.1 Å². The zero-order valence-electron chi connectivity index (χ0n) is 21.3. The van der Waals surface area contributed by atoms with Gasteiger partial charge in [0.1, 0.15) is 11.4 Å². The fraction of sp³-hybridized carbons (Fsp3) is 0.667. The van der Waals surface area contributed by atoms with Crippen molar-refractivity contribution in [2.45, 2.75) is 83.0 Å². The summed E-state index contributed by atoms with van der Waals surface area (Å²) in [7, 11) is 0. The Morgan fingerprint density at radius 2 is 1.66 bits per heavy atom. The van der Waals surface area contributed by atoms with Crippen molar-refractivity contribution < 1.29 is 23.9 Å². The Hall–Kier alpha value is -2.61. The predicted molar refractivity (Wildman–Crippen MR) is 132 cm³/mol. The second kappa shape index (κ2) is 10.6. The number of likely N-dealkylation sites (tertiary alicyclic amines) is 2. The van der Waals surface area contributed by atoms with Crippen molar-refractivity contribution in [3.8, 4) is 5.75 Å². The monoisotopic (exact) mass is 485 g/mol. The van der Waals surface area contributed by atoms with Crippen LogP contribution in [-0.4, -0.2) is 77.6 Å². The fourth-order valence-corrected chi connectivity index (χ4v) is 5.25. The van der Waals surface area contributed by atoms with E-state index >= 15 is 0 Å². The standard InChI is InChI=1S/C27H39N3O5/c1-26(2,3)35-22-8-6-20(7-9-22)25(33)30-16-12-27(13-17-30)18-21(19-34-27)28-23(31)10-11-24(32)29-14-4-5-15-29/h6-9,21H,4-5,10-19H2,1-3H3,(H,28,31)/t21-/m1/s1. The molecule has 1 aromatic rings. The summed E-state index contributed by atoms with van der Waals surface area (Å²) in [5.74, 6) is 0.757. The van der Waals surface area contributed by atoms with E-state index in [0.29, 0.717) is 25.3 Å². The Balaban J connectivity index is 1.20. The molecule has 0 saturated carbocycles. The molecule has 1 N–H and O–H groups in total. The molecule has 1 aromatic carbocycles. The van der Waals surface area contributed by atoms with E-state index in [1.807, 2.05) is 54.8 Å². The van der Waals surface area contributed by atoms with Crippen LogP contribution in [0.5, 0.6) is 5.75 Å². The van der Waals surface area contributed by atoms with Gasteiger partial charge in [-0.2, -0.15) is 0 Å². The van der Waals surface area contributed by atoms with Crippen molar-refractivity contribution in [1.82, 2.24) is 15.1 Å². The van der Waals surface area contributed by atoms with Gasteiger partial charge in [-0.15, -0.1) is 0 Å². The molecule has 3 aliphatic heterocycles. The fourth-order valence-electron chi connectivity index (χ4n) is 5.25. The number of ether oxygens (including phenoxy) is 2. The van der Waals surface area contributed by atoms with Gasteiger partial charge in [-0.1, -0.05) is 0 Å². The van der Waals surface area contributed by atoms with Crippen LogP contribution in [0, 0.1) is 0 Å². The van der Waals surface area contributed by atoms with Gasteiger partial charge in [0.15, 0.2) is 0 Å². The first-order valence-electron chi connectivity index (χ1n) is 12.9. The number of carbonyl (C=O) groups excluding carboxylic acids is 3. The molecular formula is C27H39N3O5. The van der Waals surface area contributed by atoms with Crippen LogP contribution in [0.15, 0.2) is 24.3 Å². The average molecular weight is 486 g/mol. The van der Waals surface area contributed by atoms with E-state index in [-0.39, 0.29) is 47.8 Å². The number of rotatable bonds is 6. The first-order valence-corrected chi connectivity index (χ1v) is 12.9. The van der Waals surface area contributed by atoms with Crippen LogP contribution in [0.2, 0.25) is 0 Å². The number of carbonyl (C=O) groups is 3. The average Bonchev–Trinajstić information content (AvgIpc) is 3.48. The molecule has 0 aromatic heterocycles. The molecule has 3 heterocycles. The molecule has 0 bridgehead atoms. The molecular weight excluding hydrogens is 446 g/mol. The summed E-state index contributed by atoms with van der Waals surface area (Å²) in [5, 5.41) is 3.05. The molecule has 3 aliphatic rings. The number of piperidine rings is 1. The van der Waals surface area contributed by atoms with Crippen LogP contribution in [-0.2, 0) is 14.3 Å². The molecule has 3 fully saturated rings. The number of nitrogens with zero attached hydrogens (tertiary/aromatic N) is 2. The van der Waals surface area contributed by atoms with Crippen LogP contribution in [0.3, 0.4) is 0 Å². The third kappa shape index (κ3) is 6.75. The quantitative estimate of drug-likeness (QED) is 0.669. The smallest absolute Gasteiger partial charge is 0.253 e. The van der Waals surface area contributed by atoms with Crippen molar-refractivity contribution in [2.24, 2.45) is 0 Å². The van der Waals surface area contributed by atoms with Crippen molar-refractivity contribution >= 4 is 17.7 Å². The molecule has 1 spiro atoms. The van der Waals surface area contributed by atoms with E-state index in [0.717, 1.165) is 50.9 Å². The van der Waals surface area contributed by atoms with Gasteiger partial charge >= 0.3 is 0 Å². The van der Waals surface area contributed by atoms with Crippen molar-refractivity contribution in [3.63, 3.8) is 0 Å². The van der Waals surface area contributed by atoms with Gasteiger partial charge in [0, 0.05) is 44.6 Å². The molecule has 8 nitrogen and oxygen atoms in total. The van der Waals surface area contributed by atoms with Gasteiger partial charge in [-0.3, -0.25) is 14.4 Å². The summed E-state index contributed by atoms with van der Waals surface area (Å²) in [5.41, 5.74) is 0.0871. The molecule has 3 amide bonds. The van der Waals surface area contributed by atoms with Gasteiger partial charge in [0.25, 0.3) is 5.91 Å². The highest BCUT2D eigenvalue weighted by molar-refractivity contribution is 5.94. The summed E-state index contributed by atoms with van der Waals surface area (Å²) >= 11 is 0. The molecule has 8 heteroatoms. The molecule has 192 valence electrons. The molecule has 0 radical (unpaired) electrons. The molecule has 3 saturated heterocycles. The van der Waals surface area contributed by atoms with Crippen LogP contribution >= 0.6 is 0 Å². The summed E-state index contributed by atoms with van der Waals surface area (Å²) in [4.78, 5) is 41.3. The topological polar surface area (TPSA) is 88.2 Å². The van der Waals surface area contributed by atoms with Gasteiger partial charge in [0.05, 0.1) is 18.2 Å². The van der Waals surface area contributed by atoms with Gasteiger partial charge in [-0.25, -0.2) is 0 Å². The lowest BCUT2D eigenvalue weighted by Gasteiger charge is -2.38. The lowest BCUT2D eigenvalue weighted by Crippen LogP contribution is -2.47. The maximum Gasteiger partial charge on any atom is 0.253 e. The summed E-state index contributed by atoms with van der Waals surface area (Å²) in [6.07, 6.45) is 4.86. The molecule has 1 atom stereocenters. The Kier molecular flexibility index (Phi) is 7.69. The summed E-state index contributed by atoms with van der Waals surface area (Å²) in [6.45, 7) is 9.35. The Labute approximate surface area is 208 Å². The van der Waals surface area contributed by atoms with E-state index < -0.39 is 0 Å². The Bertz CT molecular complexity index is 910. The number of hydrogen-bond donors (Lipinski definition) is 1. The van der Waals surface area contributed by atoms with Crippen molar-refractivity contribution in [1.29, 1.82) is 0 Å². The van der Waals surface area contributed by atoms with E-state index in [4.69, 9.17) is 9.47 Å². The van der Waals surface area contributed by atoms with Gasteiger partial charge < -0.3 is 24.6 Å². The largest absolute Gasteiger partial charge is 0.488 e. The normalized spacial score (nSPS) is 21.9. The Morgan fingerprint density at radius 1 is 1.00 bits per heavy atom. The second-order valence-electron chi connectivity index (χ2n) is 11.1. The number of benzene rings is 1. The second-order valence-corrected chi connectivity index (χ2v) is 11.1. The van der Waals surface area contributed by atoms with Crippen LogP contribution in [0.4, 0.5) is 0 Å². The zero-order chi connectivity index (χ0) is 25.1. The van der Waals surface area contributed by atoms with E-state index in [9.17, 15) is 14.4 Å². The third-order valence-electron chi connectivity index (χ3n) is 7.09. The number of hydrogen-bond acceptors (Lipinski definition) is 5. The zero-order valence-corrected chi connectivity index (χ0v) is 21.3. The van der Waals surface area contributed by atoms with Crippen LogP contribution in [0.1, 0.15) is 76.1 Å². The summed E-state index contributed by atoms with van der Waals surface area (Å²) < 4.78 is 12.0.